The molecule has 0 aliphatic carbocycles. The maximum atomic E-state index is 12.7. The van der Waals surface area contributed by atoms with Crippen LogP contribution in [0.5, 0.6) is 0 Å². The van der Waals surface area contributed by atoms with Gasteiger partial charge in [-0.3, -0.25) is 4.79 Å². The third-order valence-electron chi connectivity index (χ3n) is 3.63. The van der Waals surface area contributed by atoms with Gasteiger partial charge in [-0.05, 0) is 36.3 Å². The highest BCUT2D eigenvalue weighted by Gasteiger charge is 2.30. The van der Waals surface area contributed by atoms with Gasteiger partial charge in [0, 0.05) is 17.2 Å². The van der Waals surface area contributed by atoms with E-state index in [0.717, 1.165) is 29.8 Å². The van der Waals surface area contributed by atoms with E-state index in [4.69, 9.17) is 0 Å². The summed E-state index contributed by atoms with van der Waals surface area (Å²) in [5.74, 6) is -1.00. The molecule has 2 rings (SSSR count). The molecule has 2 aromatic rings. The molecule has 0 heterocycles. The minimum absolute atomic E-state index is 0.131. The fraction of sp³-hybridized carbons (Fsp3) is 0.158. The van der Waals surface area contributed by atoms with E-state index in [1.165, 1.54) is 19.3 Å². The number of esters is 1. The van der Waals surface area contributed by atoms with Crippen LogP contribution in [0.3, 0.4) is 0 Å². The van der Waals surface area contributed by atoms with Crippen molar-refractivity contribution in [2.45, 2.75) is 13.1 Å². The zero-order valence-electron chi connectivity index (χ0n) is 13.6. The molecular weight excluding hydrogens is 333 g/mol. The summed E-state index contributed by atoms with van der Waals surface area (Å²) in [7, 11) is 1.23. The van der Waals surface area contributed by atoms with Crippen molar-refractivity contribution in [2.24, 2.45) is 0 Å². The molecule has 0 saturated heterocycles. The monoisotopic (exact) mass is 348 g/mol. The van der Waals surface area contributed by atoms with Crippen molar-refractivity contribution in [3.8, 4) is 0 Å². The Bertz CT molecular complexity index is 819. The van der Waals surface area contributed by atoms with Crippen LogP contribution in [0.15, 0.2) is 48.5 Å². The number of carbonyl (C=O) groups is 2. The lowest BCUT2D eigenvalue weighted by molar-refractivity contribution is -0.137. The maximum absolute atomic E-state index is 12.7. The molecule has 6 heteroatoms. The maximum Gasteiger partial charge on any atom is 0.416 e. The Kier molecular flexibility index (Phi) is 5.41. The van der Waals surface area contributed by atoms with Crippen molar-refractivity contribution < 1.29 is 27.5 Å². The van der Waals surface area contributed by atoms with E-state index in [1.54, 1.807) is 25.1 Å². The molecule has 0 saturated carbocycles. The van der Waals surface area contributed by atoms with Gasteiger partial charge in [0.25, 0.3) is 0 Å². The van der Waals surface area contributed by atoms with Gasteiger partial charge in [0.05, 0.1) is 12.7 Å². The Balaban J connectivity index is 2.41. The van der Waals surface area contributed by atoms with Gasteiger partial charge < -0.3 is 4.74 Å². The lowest BCUT2D eigenvalue weighted by atomic mass is 9.94. The highest BCUT2D eigenvalue weighted by atomic mass is 19.4. The van der Waals surface area contributed by atoms with E-state index in [1.807, 2.05) is 0 Å². The lowest BCUT2D eigenvalue weighted by Gasteiger charge is -2.10. The van der Waals surface area contributed by atoms with Crippen molar-refractivity contribution in [3.05, 3.63) is 76.4 Å². The van der Waals surface area contributed by atoms with Gasteiger partial charge in [-0.1, -0.05) is 30.3 Å². The van der Waals surface area contributed by atoms with Crippen LogP contribution in [-0.4, -0.2) is 18.9 Å². The van der Waals surface area contributed by atoms with Crippen LogP contribution in [0.25, 0.3) is 6.08 Å². The highest BCUT2D eigenvalue weighted by Crippen LogP contribution is 2.29. The Labute approximate surface area is 142 Å². The number of aryl methyl sites for hydroxylation is 1. The predicted molar refractivity (Wildman–Crippen MR) is 87.1 cm³/mol. The second-order valence-corrected chi connectivity index (χ2v) is 5.30. The third-order valence-corrected chi connectivity index (χ3v) is 3.63. The van der Waals surface area contributed by atoms with Crippen molar-refractivity contribution >= 4 is 17.8 Å². The second-order valence-electron chi connectivity index (χ2n) is 5.30. The standard InChI is InChI=1S/C19H15F3O3/c1-12-4-3-5-16(15(12)10-11-17(23)25-2)18(24)13-6-8-14(9-7-13)19(20,21)22/h3-11H,1-2H3/b11-10+. The molecule has 0 amide bonds. The van der Waals surface area contributed by atoms with Crippen LogP contribution >= 0.6 is 0 Å². The van der Waals surface area contributed by atoms with Gasteiger partial charge in [-0.2, -0.15) is 13.2 Å². The number of alkyl halides is 3. The zero-order valence-corrected chi connectivity index (χ0v) is 13.6. The van der Waals surface area contributed by atoms with Crippen LogP contribution in [0.4, 0.5) is 13.2 Å². The fourth-order valence-corrected chi connectivity index (χ4v) is 2.29. The number of ether oxygens (including phenoxy) is 1. The molecule has 25 heavy (non-hydrogen) atoms. The molecule has 0 atom stereocenters. The largest absolute Gasteiger partial charge is 0.466 e. The van der Waals surface area contributed by atoms with Gasteiger partial charge in [-0.25, -0.2) is 4.79 Å². The summed E-state index contributed by atoms with van der Waals surface area (Å²) in [5.41, 5.74) is 0.862. The lowest BCUT2D eigenvalue weighted by Crippen LogP contribution is -2.08. The highest BCUT2D eigenvalue weighted by molar-refractivity contribution is 6.11. The normalized spacial score (nSPS) is 11.6. The summed E-state index contributed by atoms with van der Waals surface area (Å²) < 4.78 is 42.4. The van der Waals surface area contributed by atoms with E-state index >= 15 is 0 Å². The summed E-state index contributed by atoms with van der Waals surface area (Å²) >= 11 is 0. The van der Waals surface area contributed by atoms with Crippen LogP contribution in [0, 0.1) is 6.92 Å². The molecule has 0 N–H and O–H groups in total. The van der Waals surface area contributed by atoms with Crippen LogP contribution in [0.1, 0.15) is 32.6 Å². The smallest absolute Gasteiger partial charge is 0.416 e. The zero-order chi connectivity index (χ0) is 18.6. The van der Waals surface area contributed by atoms with Crippen molar-refractivity contribution in [1.29, 1.82) is 0 Å². The summed E-state index contributed by atoms with van der Waals surface area (Å²) in [4.78, 5) is 23.9. The number of methoxy groups -OCH3 is 1. The molecule has 0 radical (unpaired) electrons. The summed E-state index contributed by atoms with van der Waals surface area (Å²) in [6.45, 7) is 1.76. The first kappa shape index (κ1) is 18.4. The van der Waals surface area contributed by atoms with Crippen LogP contribution < -0.4 is 0 Å². The molecular formula is C19H15F3O3. The molecule has 0 fully saturated rings. The average Bonchev–Trinajstić information content (AvgIpc) is 2.59. The van der Waals surface area contributed by atoms with Gasteiger partial charge in [-0.15, -0.1) is 0 Å². The number of halogens is 3. The first-order chi connectivity index (χ1) is 11.7. The van der Waals surface area contributed by atoms with E-state index in [2.05, 4.69) is 4.74 Å². The Morgan fingerprint density at radius 2 is 1.68 bits per heavy atom. The van der Waals surface area contributed by atoms with Crippen LogP contribution in [-0.2, 0) is 15.7 Å². The topological polar surface area (TPSA) is 43.4 Å². The minimum atomic E-state index is -4.46. The first-order valence-electron chi connectivity index (χ1n) is 7.31. The first-order valence-corrected chi connectivity index (χ1v) is 7.31. The molecule has 0 spiro atoms. The van der Waals surface area contributed by atoms with Gasteiger partial charge in [0.2, 0.25) is 0 Å². The third kappa shape index (κ3) is 4.35. The molecule has 0 aromatic heterocycles. The molecule has 0 unspecified atom stereocenters. The van der Waals surface area contributed by atoms with Crippen LogP contribution in [0.2, 0.25) is 0 Å². The number of carbonyl (C=O) groups excluding carboxylic acids is 2. The molecule has 2 aromatic carbocycles. The predicted octanol–water partition coefficient (Wildman–Crippen LogP) is 4.43. The number of hydrogen-bond acceptors (Lipinski definition) is 3. The summed E-state index contributed by atoms with van der Waals surface area (Å²) in [5, 5.41) is 0. The molecule has 0 bridgehead atoms. The van der Waals surface area contributed by atoms with Gasteiger partial charge in [0.15, 0.2) is 5.78 Å². The number of rotatable bonds is 4. The van der Waals surface area contributed by atoms with Crippen molar-refractivity contribution in [1.82, 2.24) is 0 Å². The fourth-order valence-electron chi connectivity index (χ4n) is 2.29. The summed E-state index contributed by atoms with van der Waals surface area (Å²) in [6, 6.07) is 9.01. The van der Waals surface area contributed by atoms with Crippen molar-refractivity contribution in [3.63, 3.8) is 0 Å². The average molecular weight is 348 g/mol. The number of ketones is 1. The number of hydrogen-bond donors (Lipinski definition) is 0. The number of benzene rings is 2. The van der Waals surface area contributed by atoms with Gasteiger partial charge >= 0.3 is 12.1 Å². The Hall–Kier alpha value is -2.89. The Morgan fingerprint density at radius 1 is 1.04 bits per heavy atom. The molecule has 130 valence electrons. The SMILES string of the molecule is COC(=O)/C=C/c1c(C)cccc1C(=O)c1ccc(C(F)(F)F)cc1. The molecule has 3 nitrogen and oxygen atoms in total. The second kappa shape index (κ2) is 7.34. The minimum Gasteiger partial charge on any atom is -0.466 e. The summed E-state index contributed by atoms with van der Waals surface area (Å²) in [6.07, 6.45) is -1.82. The van der Waals surface area contributed by atoms with Crippen molar-refractivity contribution in [2.75, 3.05) is 7.11 Å². The van der Waals surface area contributed by atoms with E-state index in [0.29, 0.717) is 11.1 Å². The van der Waals surface area contributed by atoms with Gasteiger partial charge in [0.1, 0.15) is 0 Å². The van der Waals surface area contributed by atoms with E-state index in [9.17, 15) is 22.8 Å². The van der Waals surface area contributed by atoms with E-state index < -0.39 is 23.5 Å². The Morgan fingerprint density at radius 3 is 2.24 bits per heavy atom. The quantitative estimate of drug-likeness (QED) is 0.466. The van der Waals surface area contributed by atoms with E-state index in [-0.39, 0.29) is 5.56 Å². The molecule has 0 aliphatic rings. The molecule has 0 aliphatic heterocycles.